The Labute approximate surface area is 92.5 Å². The summed E-state index contributed by atoms with van der Waals surface area (Å²) in [5.41, 5.74) is 8.68. The van der Waals surface area contributed by atoms with Crippen LogP contribution >= 0.6 is 0 Å². The molecule has 2 heterocycles. The maximum atomic E-state index is 11.4. The van der Waals surface area contributed by atoms with Crippen molar-refractivity contribution in [2.45, 2.75) is 12.8 Å². The first kappa shape index (κ1) is 9.15. The van der Waals surface area contributed by atoms with Gasteiger partial charge in [-0.1, -0.05) is 0 Å². The van der Waals surface area contributed by atoms with Crippen molar-refractivity contribution < 1.29 is 4.79 Å². The van der Waals surface area contributed by atoms with Crippen LogP contribution in [0.1, 0.15) is 12.0 Å². The molecule has 16 heavy (non-hydrogen) atoms. The molecule has 1 aliphatic rings. The fourth-order valence-electron chi connectivity index (χ4n) is 2.15. The first-order valence-electron chi connectivity index (χ1n) is 5.20. The van der Waals surface area contributed by atoms with Gasteiger partial charge in [0.25, 0.3) is 0 Å². The Bertz CT molecular complexity index is 592. The van der Waals surface area contributed by atoms with E-state index in [1.807, 2.05) is 12.1 Å². The summed E-state index contributed by atoms with van der Waals surface area (Å²) in [7, 11) is 0. The summed E-state index contributed by atoms with van der Waals surface area (Å²) >= 11 is 0. The summed E-state index contributed by atoms with van der Waals surface area (Å²) in [6, 6.07) is 3.81. The fraction of sp³-hybridized carbons (Fsp3) is 0.167. The highest BCUT2D eigenvalue weighted by Crippen LogP contribution is 2.34. The number of pyridine rings is 1. The minimum Gasteiger partial charge on any atom is -0.398 e. The Morgan fingerprint density at radius 3 is 3.06 bits per heavy atom. The highest BCUT2D eigenvalue weighted by Gasteiger charge is 2.18. The van der Waals surface area contributed by atoms with Gasteiger partial charge in [0, 0.05) is 35.3 Å². The molecule has 1 amide bonds. The second kappa shape index (κ2) is 3.20. The summed E-state index contributed by atoms with van der Waals surface area (Å²) in [6.45, 7) is 0. The van der Waals surface area contributed by atoms with Gasteiger partial charge in [-0.2, -0.15) is 0 Å². The molecule has 4 heteroatoms. The van der Waals surface area contributed by atoms with E-state index in [4.69, 9.17) is 5.73 Å². The van der Waals surface area contributed by atoms with Gasteiger partial charge in [-0.25, -0.2) is 0 Å². The zero-order valence-corrected chi connectivity index (χ0v) is 8.66. The van der Waals surface area contributed by atoms with Crippen LogP contribution in [0.3, 0.4) is 0 Å². The summed E-state index contributed by atoms with van der Waals surface area (Å²) in [5, 5.41) is 4.77. The first-order valence-corrected chi connectivity index (χ1v) is 5.20. The number of nitrogens with zero attached hydrogens (tertiary/aromatic N) is 1. The van der Waals surface area contributed by atoms with Crippen molar-refractivity contribution in [3.8, 4) is 0 Å². The normalized spacial score (nSPS) is 14.6. The quantitative estimate of drug-likeness (QED) is 0.654. The number of carbonyl (C=O) groups excluding carboxylic acids is 1. The minimum absolute atomic E-state index is 0.0652. The summed E-state index contributed by atoms with van der Waals surface area (Å²) in [4.78, 5) is 15.4. The number of aromatic nitrogens is 1. The number of nitrogen functional groups attached to an aromatic ring is 1. The zero-order chi connectivity index (χ0) is 11.1. The number of fused-ring (bicyclic) bond motifs is 3. The Balaban J connectivity index is 2.37. The molecule has 0 spiro atoms. The molecule has 0 fully saturated rings. The van der Waals surface area contributed by atoms with Crippen LogP contribution in [0.15, 0.2) is 24.5 Å². The lowest BCUT2D eigenvalue weighted by Crippen LogP contribution is -2.19. The van der Waals surface area contributed by atoms with Gasteiger partial charge in [0.2, 0.25) is 5.91 Å². The molecule has 0 saturated carbocycles. The van der Waals surface area contributed by atoms with E-state index in [1.54, 1.807) is 12.4 Å². The Morgan fingerprint density at radius 1 is 1.31 bits per heavy atom. The number of nitrogens with two attached hydrogens (primary N) is 1. The van der Waals surface area contributed by atoms with Crippen LogP contribution in [0.4, 0.5) is 11.4 Å². The predicted molar refractivity (Wildman–Crippen MR) is 63.1 cm³/mol. The lowest BCUT2D eigenvalue weighted by atomic mass is 9.97. The molecule has 80 valence electrons. The molecule has 0 atom stereocenters. The number of aryl methyl sites for hydroxylation is 1. The lowest BCUT2D eigenvalue weighted by Gasteiger charge is -2.19. The van der Waals surface area contributed by atoms with E-state index in [-0.39, 0.29) is 5.91 Å². The maximum absolute atomic E-state index is 11.4. The third kappa shape index (κ3) is 1.23. The SMILES string of the molecule is Nc1cc2c(c3ccncc13)NC(=O)CC2. The average molecular weight is 213 g/mol. The van der Waals surface area contributed by atoms with Crippen molar-refractivity contribution in [3.63, 3.8) is 0 Å². The van der Waals surface area contributed by atoms with Crippen LogP contribution in [-0.2, 0) is 11.2 Å². The smallest absolute Gasteiger partial charge is 0.224 e. The highest BCUT2D eigenvalue weighted by molar-refractivity contribution is 6.08. The largest absolute Gasteiger partial charge is 0.398 e. The van der Waals surface area contributed by atoms with Crippen molar-refractivity contribution in [1.29, 1.82) is 0 Å². The van der Waals surface area contributed by atoms with Crippen LogP contribution in [0.25, 0.3) is 10.8 Å². The molecular formula is C12H11N3O. The van der Waals surface area contributed by atoms with Gasteiger partial charge in [0.15, 0.2) is 0 Å². The molecule has 1 aliphatic heterocycles. The van der Waals surface area contributed by atoms with Crippen molar-refractivity contribution in [2.75, 3.05) is 11.1 Å². The molecule has 4 nitrogen and oxygen atoms in total. The van der Waals surface area contributed by atoms with Gasteiger partial charge in [-0.15, -0.1) is 0 Å². The van der Waals surface area contributed by atoms with E-state index >= 15 is 0 Å². The van der Waals surface area contributed by atoms with E-state index in [1.165, 1.54) is 0 Å². The second-order valence-electron chi connectivity index (χ2n) is 3.97. The minimum atomic E-state index is 0.0652. The molecule has 0 unspecified atom stereocenters. The van der Waals surface area contributed by atoms with Gasteiger partial charge in [-0.3, -0.25) is 9.78 Å². The molecule has 1 aromatic carbocycles. The van der Waals surface area contributed by atoms with E-state index in [0.717, 1.165) is 34.1 Å². The van der Waals surface area contributed by atoms with E-state index in [9.17, 15) is 4.79 Å². The Kier molecular flexibility index (Phi) is 1.83. The standard InChI is InChI=1S/C12H11N3O/c13-10-5-7-1-2-11(16)15-12(7)8-3-4-14-6-9(8)10/h3-6H,1-2,13H2,(H,15,16). The van der Waals surface area contributed by atoms with Crippen molar-refractivity contribution in [2.24, 2.45) is 0 Å². The molecule has 3 rings (SSSR count). The molecular weight excluding hydrogens is 202 g/mol. The number of benzene rings is 1. The van der Waals surface area contributed by atoms with E-state index in [0.29, 0.717) is 6.42 Å². The van der Waals surface area contributed by atoms with Crippen molar-refractivity contribution in [1.82, 2.24) is 4.98 Å². The average Bonchev–Trinajstić information content (AvgIpc) is 2.31. The van der Waals surface area contributed by atoms with Crippen molar-refractivity contribution >= 4 is 28.1 Å². The van der Waals surface area contributed by atoms with Crippen LogP contribution in [0.2, 0.25) is 0 Å². The number of hydrogen-bond acceptors (Lipinski definition) is 3. The topological polar surface area (TPSA) is 68.0 Å². The highest BCUT2D eigenvalue weighted by atomic mass is 16.1. The molecule has 1 aromatic heterocycles. The van der Waals surface area contributed by atoms with Crippen LogP contribution in [-0.4, -0.2) is 10.9 Å². The number of carbonyl (C=O) groups is 1. The van der Waals surface area contributed by atoms with Gasteiger partial charge in [0.1, 0.15) is 0 Å². The van der Waals surface area contributed by atoms with Gasteiger partial charge >= 0.3 is 0 Å². The molecule has 0 radical (unpaired) electrons. The number of rotatable bonds is 0. The molecule has 0 saturated heterocycles. The fourth-order valence-corrected chi connectivity index (χ4v) is 2.15. The Morgan fingerprint density at radius 2 is 2.19 bits per heavy atom. The molecule has 0 bridgehead atoms. The number of amides is 1. The predicted octanol–water partition coefficient (Wildman–Crippen LogP) is 1.70. The summed E-state index contributed by atoms with van der Waals surface area (Å²) < 4.78 is 0. The van der Waals surface area contributed by atoms with E-state index < -0.39 is 0 Å². The molecule has 2 aromatic rings. The zero-order valence-electron chi connectivity index (χ0n) is 8.66. The number of hydrogen-bond donors (Lipinski definition) is 2. The van der Waals surface area contributed by atoms with Gasteiger partial charge < -0.3 is 11.1 Å². The summed E-state index contributed by atoms with van der Waals surface area (Å²) in [5.74, 6) is 0.0652. The number of nitrogens with one attached hydrogen (secondary N) is 1. The molecule has 0 aliphatic carbocycles. The second-order valence-corrected chi connectivity index (χ2v) is 3.97. The van der Waals surface area contributed by atoms with Crippen LogP contribution < -0.4 is 11.1 Å². The molecule has 3 N–H and O–H groups in total. The summed E-state index contributed by atoms with van der Waals surface area (Å²) in [6.07, 6.45) is 4.72. The lowest BCUT2D eigenvalue weighted by molar-refractivity contribution is -0.116. The van der Waals surface area contributed by atoms with Crippen LogP contribution in [0, 0.1) is 0 Å². The first-order chi connectivity index (χ1) is 7.75. The maximum Gasteiger partial charge on any atom is 0.224 e. The van der Waals surface area contributed by atoms with Crippen LogP contribution in [0.5, 0.6) is 0 Å². The van der Waals surface area contributed by atoms with Gasteiger partial charge in [0.05, 0.1) is 5.69 Å². The van der Waals surface area contributed by atoms with E-state index in [2.05, 4.69) is 10.3 Å². The van der Waals surface area contributed by atoms with Gasteiger partial charge in [-0.05, 0) is 24.1 Å². The monoisotopic (exact) mass is 213 g/mol. The third-order valence-electron chi connectivity index (χ3n) is 2.94. The number of anilines is 2. The Hall–Kier alpha value is -2.10. The van der Waals surface area contributed by atoms with Crippen molar-refractivity contribution in [3.05, 3.63) is 30.1 Å². The third-order valence-corrected chi connectivity index (χ3v) is 2.94.